The van der Waals surface area contributed by atoms with Gasteiger partial charge in [-0.1, -0.05) is 24.3 Å². The van der Waals surface area contributed by atoms with Crippen LogP contribution >= 0.6 is 0 Å². The summed E-state index contributed by atoms with van der Waals surface area (Å²) in [5, 5.41) is 31.0. The summed E-state index contributed by atoms with van der Waals surface area (Å²) in [6.45, 7) is 1.68. The lowest BCUT2D eigenvalue weighted by atomic mass is 9.99. The lowest BCUT2D eigenvalue weighted by molar-refractivity contribution is -0.137. The minimum atomic E-state index is -1.03. The Kier molecular flexibility index (Phi) is 6.84. The van der Waals surface area contributed by atoms with Crippen LogP contribution in [-0.4, -0.2) is 39.8 Å². The number of carboxylic acid groups (broad SMARTS) is 1. The topological polar surface area (TPSA) is 107 Å². The van der Waals surface area contributed by atoms with Crippen LogP contribution in [0.5, 0.6) is 0 Å². The van der Waals surface area contributed by atoms with E-state index in [9.17, 15) is 19.8 Å². The lowest BCUT2D eigenvalue weighted by Crippen LogP contribution is -2.27. The SMILES string of the molecule is CC(=O)NCCC(O)C(O)c1ccc(CCC(=O)O)cc1. The summed E-state index contributed by atoms with van der Waals surface area (Å²) in [6, 6.07) is 6.82. The van der Waals surface area contributed by atoms with E-state index in [0.29, 0.717) is 18.5 Å². The van der Waals surface area contributed by atoms with Gasteiger partial charge >= 0.3 is 5.97 Å². The number of nitrogens with one attached hydrogen (secondary N) is 1. The molecule has 6 nitrogen and oxygen atoms in total. The molecule has 0 saturated heterocycles. The van der Waals surface area contributed by atoms with Gasteiger partial charge in [-0.25, -0.2) is 0 Å². The normalized spacial score (nSPS) is 13.5. The molecule has 1 aromatic carbocycles. The van der Waals surface area contributed by atoms with Crippen LogP contribution in [0.15, 0.2) is 24.3 Å². The van der Waals surface area contributed by atoms with E-state index in [4.69, 9.17) is 5.11 Å². The van der Waals surface area contributed by atoms with E-state index in [1.54, 1.807) is 24.3 Å². The Labute approximate surface area is 123 Å². The van der Waals surface area contributed by atoms with Crippen molar-refractivity contribution in [3.8, 4) is 0 Å². The summed E-state index contributed by atoms with van der Waals surface area (Å²) in [4.78, 5) is 21.2. The van der Waals surface area contributed by atoms with E-state index in [1.165, 1.54) is 6.92 Å². The highest BCUT2D eigenvalue weighted by Crippen LogP contribution is 2.19. The highest BCUT2D eigenvalue weighted by molar-refractivity contribution is 5.72. The van der Waals surface area contributed by atoms with Gasteiger partial charge in [-0.3, -0.25) is 9.59 Å². The van der Waals surface area contributed by atoms with E-state index in [0.717, 1.165) is 5.56 Å². The second kappa shape index (κ2) is 8.39. The van der Waals surface area contributed by atoms with Crippen molar-refractivity contribution in [1.82, 2.24) is 5.32 Å². The Hall–Kier alpha value is -1.92. The highest BCUT2D eigenvalue weighted by Gasteiger charge is 2.18. The van der Waals surface area contributed by atoms with Crippen molar-refractivity contribution in [2.24, 2.45) is 0 Å². The average molecular weight is 295 g/mol. The van der Waals surface area contributed by atoms with Gasteiger partial charge in [-0.15, -0.1) is 0 Å². The molecule has 0 aliphatic carbocycles. The van der Waals surface area contributed by atoms with Crippen LogP contribution in [0, 0.1) is 0 Å². The predicted octanol–water partition coefficient (Wildman–Crippen LogP) is 0.624. The largest absolute Gasteiger partial charge is 0.481 e. The first-order valence-electron chi connectivity index (χ1n) is 6.81. The number of aryl methyl sites for hydroxylation is 1. The fourth-order valence-corrected chi connectivity index (χ4v) is 1.91. The molecule has 0 fully saturated rings. The summed E-state index contributed by atoms with van der Waals surface area (Å²) in [5.41, 5.74) is 1.42. The quantitative estimate of drug-likeness (QED) is 0.562. The summed E-state index contributed by atoms with van der Waals surface area (Å²) in [5.74, 6) is -1.04. The number of carboxylic acids is 1. The molecule has 0 aliphatic rings. The molecule has 0 aromatic heterocycles. The first-order valence-corrected chi connectivity index (χ1v) is 6.81. The monoisotopic (exact) mass is 295 g/mol. The second-order valence-electron chi connectivity index (χ2n) is 4.92. The van der Waals surface area contributed by atoms with Crippen LogP contribution in [0.1, 0.15) is 37.0 Å². The van der Waals surface area contributed by atoms with Crippen molar-refractivity contribution in [2.45, 2.75) is 38.4 Å². The molecule has 0 heterocycles. The molecule has 4 N–H and O–H groups in total. The van der Waals surface area contributed by atoms with Gasteiger partial charge in [-0.2, -0.15) is 0 Å². The van der Waals surface area contributed by atoms with E-state index in [2.05, 4.69) is 5.32 Å². The number of amides is 1. The van der Waals surface area contributed by atoms with Gasteiger partial charge in [0.05, 0.1) is 6.10 Å². The molecule has 0 bridgehead atoms. The van der Waals surface area contributed by atoms with Gasteiger partial charge in [0.2, 0.25) is 5.91 Å². The number of carbonyl (C=O) groups excluding carboxylic acids is 1. The molecule has 2 unspecified atom stereocenters. The maximum atomic E-state index is 10.7. The molecule has 0 aliphatic heterocycles. The Morgan fingerprint density at radius 2 is 1.81 bits per heavy atom. The summed E-state index contributed by atoms with van der Waals surface area (Å²) in [6.07, 6.45) is -1.27. The number of hydrogen-bond acceptors (Lipinski definition) is 4. The van der Waals surface area contributed by atoms with E-state index in [-0.39, 0.29) is 18.7 Å². The molecule has 116 valence electrons. The summed E-state index contributed by atoms with van der Waals surface area (Å²) < 4.78 is 0. The van der Waals surface area contributed by atoms with Crippen molar-refractivity contribution in [3.63, 3.8) is 0 Å². The second-order valence-corrected chi connectivity index (χ2v) is 4.92. The molecule has 1 aromatic rings. The third kappa shape index (κ3) is 6.37. The minimum absolute atomic E-state index is 0.0568. The summed E-state index contributed by atoms with van der Waals surface area (Å²) >= 11 is 0. The molecule has 0 saturated carbocycles. The molecule has 6 heteroatoms. The number of aliphatic carboxylic acids is 1. The van der Waals surface area contributed by atoms with Crippen LogP contribution in [0.4, 0.5) is 0 Å². The van der Waals surface area contributed by atoms with Crippen LogP contribution in [0.25, 0.3) is 0 Å². The zero-order valence-corrected chi connectivity index (χ0v) is 12.0. The number of benzene rings is 1. The first-order chi connectivity index (χ1) is 9.90. The maximum Gasteiger partial charge on any atom is 0.303 e. The fraction of sp³-hybridized carbons (Fsp3) is 0.467. The Balaban J connectivity index is 2.51. The standard InChI is InChI=1S/C15H21NO5/c1-10(17)16-9-8-13(18)15(21)12-5-2-11(3-6-12)4-7-14(19)20/h2-3,5-6,13,15,18,21H,4,7-9H2,1H3,(H,16,17)(H,19,20). The molecule has 0 spiro atoms. The molecule has 2 atom stereocenters. The highest BCUT2D eigenvalue weighted by atomic mass is 16.4. The molecule has 0 radical (unpaired) electrons. The number of hydrogen-bond donors (Lipinski definition) is 4. The van der Waals surface area contributed by atoms with Crippen molar-refractivity contribution >= 4 is 11.9 Å². The van der Waals surface area contributed by atoms with Crippen molar-refractivity contribution in [2.75, 3.05) is 6.54 Å². The minimum Gasteiger partial charge on any atom is -0.481 e. The Bertz CT molecular complexity index is 471. The van der Waals surface area contributed by atoms with Crippen LogP contribution in [0.3, 0.4) is 0 Å². The predicted molar refractivity (Wildman–Crippen MR) is 76.7 cm³/mol. The van der Waals surface area contributed by atoms with Gasteiger partial charge in [0.1, 0.15) is 6.10 Å². The molecule has 21 heavy (non-hydrogen) atoms. The van der Waals surface area contributed by atoms with Crippen molar-refractivity contribution < 1.29 is 24.9 Å². The number of aliphatic hydroxyl groups excluding tert-OH is 2. The molecule has 1 rings (SSSR count). The zero-order valence-electron chi connectivity index (χ0n) is 12.0. The van der Waals surface area contributed by atoms with E-state index < -0.39 is 18.2 Å². The van der Waals surface area contributed by atoms with E-state index >= 15 is 0 Å². The van der Waals surface area contributed by atoms with Gasteiger partial charge < -0.3 is 20.6 Å². The zero-order chi connectivity index (χ0) is 15.8. The van der Waals surface area contributed by atoms with Gasteiger partial charge in [0.15, 0.2) is 0 Å². The fourth-order valence-electron chi connectivity index (χ4n) is 1.91. The smallest absolute Gasteiger partial charge is 0.303 e. The number of carbonyl (C=O) groups is 2. The Morgan fingerprint density at radius 1 is 1.19 bits per heavy atom. The van der Waals surface area contributed by atoms with Crippen LogP contribution in [0.2, 0.25) is 0 Å². The third-order valence-electron chi connectivity index (χ3n) is 3.13. The summed E-state index contributed by atoms with van der Waals surface area (Å²) in [7, 11) is 0. The third-order valence-corrected chi connectivity index (χ3v) is 3.13. The molecular formula is C15H21NO5. The van der Waals surface area contributed by atoms with Gasteiger partial charge in [0.25, 0.3) is 0 Å². The van der Waals surface area contributed by atoms with E-state index in [1.807, 2.05) is 0 Å². The lowest BCUT2D eigenvalue weighted by Gasteiger charge is -2.18. The number of rotatable bonds is 8. The van der Waals surface area contributed by atoms with Crippen molar-refractivity contribution in [1.29, 1.82) is 0 Å². The molecule has 1 amide bonds. The van der Waals surface area contributed by atoms with Crippen LogP contribution in [-0.2, 0) is 16.0 Å². The van der Waals surface area contributed by atoms with Gasteiger partial charge in [-0.05, 0) is 24.0 Å². The Morgan fingerprint density at radius 3 is 2.33 bits per heavy atom. The number of aliphatic hydroxyl groups is 2. The van der Waals surface area contributed by atoms with Crippen LogP contribution < -0.4 is 5.32 Å². The molecular weight excluding hydrogens is 274 g/mol. The maximum absolute atomic E-state index is 10.7. The van der Waals surface area contributed by atoms with Crippen molar-refractivity contribution in [3.05, 3.63) is 35.4 Å². The average Bonchev–Trinajstić information content (AvgIpc) is 2.44. The first kappa shape index (κ1) is 17.1. The van der Waals surface area contributed by atoms with Gasteiger partial charge in [0, 0.05) is 19.9 Å².